The molecule has 0 aromatic carbocycles. The average molecular weight is 252 g/mol. The Kier molecular flexibility index (Phi) is 4.54. The summed E-state index contributed by atoms with van der Waals surface area (Å²) >= 11 is 0. The van der Waals surface area contributed by atoms with Crippen LogP contribution in [0.1, 0.15) is 41.0 Å². The maximum Gasteiger partial charge on any atom is 0.246 e. The number of amides is 2. The van der Waals surface area contributed by atoms with Gasteiger partial charge < -0.3 is 10.2 Å². The van der Waals surface area contributed by atoms with E-state index in [-0.39, 0.29) is 23.3 Å². The molecule has 2 unspecified atom stereocenters. The van der Waals surface area contributed by atoms with E-state index < -0.39 is 6.04 Å². The summed E-state index contributed by atoms with van der Waals surface area (Å²) < 4.78 is 0. The van der Waals surface area contributed by atoms with Gasteiger partial charge in [-0.3, -0.25) is 9.59 Å². The number of carbonyl (C=O) groups excluding carboxylic acids is 2. The van der Waals surface area contributed by atoms with E-state index >= 15 is 0 Å². The van der Waals surface area contributed by atoms with Crippen LogP contribution in [0.15, 0.2) is 12.2 Å². The van der Waals surface area contributed by atoms with Crippen molar-refractivity contribution >= 4 is 11.8 Å². The highest BCUT2D eigenvalue weighted by Crippen LogP contribution is 2.25. The fourth-order valence-corrected chi connectivity index (χ4v) is 2.09. The first-order valence-corrected chi connectivity index (χ1v) is 6.51. The molecule has 4 nitrogen and oxygen atoms in total. The molecule has 1 saturated heterocycles. The van der Waals surface area contributed by atoms with E-state index in [0.717, 1.165) is 6.42 Å². The Labute approximate surface area is 109 Å². The summed E-state index contributed by atoms with van der Waals surface area (Å²) in [7, 11) is 0. The first kappa shape index (κ1) is 14.7. The number of nitrogens with zero attached hydrogens (tertiary/aromatic N) is 1. The minimum Gasteiger partial charge on any atom is -0.342 e. The third-order valence-corrected chi connectivity index (χ3v) is 3.30. The van der Waals surface area contributed by atoms with E-state index in [2.05, 4.69) is 5.32 Å². The molecule has 1 aliphatic heterocycles. The van der Waals surface area contributed by atoms with E-state index in [0.29, 0.717) is 6.54 Å². The Bertz CT molecular complexity index is 355. The second-order valence-electron chi connectivity index (χ2n) is 5.87. The molecule has 0 aromatic heterocycles. The van der Waals surface area contributed by atoms with Crippen molar-refractivity contribution < 1.29 is 9.59 Å². The van der Waals surface area contributed by atoms with Gasteiger partial charge >= 0.3 is 0 Å². The number of allylic oxidation sites excluding steroid dienone is 1. The number of nitrogens with one attached hydrogen (secondary N) is 1. The lowest BCUT2D eigenvalue weighted by Gasteiger charge is -2.42. The zero-order chi connectivity index (χ0) is 13.9. The molecule has 1 fully saturated rings. The van der Waals surface area contributed by atoms with Crippen LogP contribution >= 0.6 is 0 Å². The molecule has 18 heavy (non-hydrogen) atoms. The second kappa shape index (κ2) is 5.55. The van der Waals surface area contributed by atoms with E-state index in [4.69, 9.17) is 0 Å². The van der Waals surface area contributed by atoms with Crippen LogP contribution in [0.2, 0.25) is 0 Å². The predicted molar refractivity (Wildman–Crippen MR) is 72.0 cm³/mol. The van der Waals surface area contributed by atoms with Gasteiger partial charge in [0.1, 0.15) is 12.1 Å². The normalized spacial score (nSPS) is 25.7. The van der Waals surface area contributed by atoms with Gasteiger partial charge in [-0.05, 0) is 25.7 Å². The zero-order valence-corrected chi connectivity index (χ0v) is 12.0. The van der Waals surface area contributed by atoms with Crippen LogP contribution in [-0.2, 0) is 9.59 Å². The first-order valence-electron chi connectivity index (χ1n) is 6.51. The van der Waals surface area contributed by atoms with Crippen LogP contribution in [0, 0.1) is 5.41 Å². The second-order valence-corrected chi connectivity index (χ2v) is 5.87. The molecule has 2 amide bonds. The summed E-state index contributed by atoms with van der Waals surface area (Å²) in [6, 6.07) is -0.798. The molecule has 0 radical (unpaired) electrons. The van der Waals surface area contributed by atoms with E-state index in [9.17, 15) is 9.59 Å². The van der Waals surface area contributed by atoms with Gasteiger partial charge in [0.05, 0.1) is 0 Å². The summed E-state index contributed by atoms with van der Waals surface area (Å²) in [6.45, 7) is 10.2. The molecule has 0 bridgehead atoms. The monoisotopic (exact) mass is 252 g/mol. The van der Waals surface area contributed by atoms with Gasteiger partial charge in [0.15, 0.2) is 0 Å². The Balaban J connectivity index is 2.85. The average Bonchev–Trinajstić information content (AvgIpc) is 2.26. The number of hydrogen-bond donors (Lipinski definition) is 1. The minimum atomic E-state index is -0.424. The van der Waals surface area contributed by atoms with Gasteiger partial charge in [-0.2, -0.15) is 0 Å². The Morgan fingerprint density at radius 2 is 1.94 bits per heavy atom. The molecule has 0 saturated carbocycles. The molecule has 1 aliphatic rings. The van der Waals surface area contributed by atoms with E-state index in [1.54, 1.807) is 11.8 Å². The topological polar surface area (TPSA) is 49.4 Å². The van der Waals surface area contributed by atoms with Crippen LogP contribution in [0.3, 0.4) is 0 Å². The predicted octanol–water partition coefficient (Wildman–Crippen LogP) is 1.71. The third-order valence-electron chi connectivity index (χ3n) is 3.30. The number of hydrogen-bond acceptors (Lipinski definition) is 2. The zero-order valence-electron chi connectivity index (χ0n) is 12.0. The molecule has 102 valence electrons. The molecule has 0 aliphatic carbocycles. The Morgan fingerprint density at radius 3 is 2.44 bits per heavy atom. The molecule has 1 N–H and O–H groups in total. The highest BCUT2D eigenvalue weighted by atomic mass is 16.2. The van der Waals surface area contributed by atoms with Crippen LogP contribution in [-0.4, -0.2) is 35.3 Å². The van der Waals surface area contributed by atoms with Crippen LogP contribution in [0.4, 0.5) is 0 Å². The Hall–Kier alpha value is -1.32. The third kappa shape index (κ3) is 3.12. The molecule has 1 heterocycles. The van der Waals surface area contributed by atoms with Crippen molar-refractivity contribution in [3.63, 3.8) is 0 Å². The van der Waals surface area contributed by atoms with Crippen molar-refractivity contribution in [3.8, 4) is 0 Å². The van der Waals surface area contributed by atoms with Gasteiger partial charge in [-0.25, -0.2) is 0 Å². The number of piperazine rings is 1. The van der Waals surface area contributed by atoms with Crippen molar-refractivity contribution in [2.45, 2.75) is 53.1 Å². The highest BCUT2D eigenvalue weighted by molar-refractivity contribution is 5.97. The summed E-state index contributed by atoms with van der Waals surface area (Å²) in [5.41, 5.74) is -0.258. The van der Waals surface area contributed by atoms with Gasteiger partial charge in [-0.15, -0.1) is 0 Å². The lowest BCUT2D eigenvalue weighted by Crippen LogP contribution is -2.65. The molecule has 1 rings (SSSR count). The summed E-state index contributed by atoms with van der Waals surface area (Å²) in [6.07, 6.45) is 4.76. The minimum absolute atomic E-state index is 0.0269. The largest absolute Gasteiger partial charge is 0.342 e. The molecular formula is C14H24N2O2. The molecule has 2 atom stereocenters. The van der Waals surface area contributed by atoms with Gasteiger partial charge in [0.2, 0.25) is 11.8 Å². The highest BCUT2D eigenvalue weighted by Gasteiger charge is 2.42. The SMILES string of the molecule is C/C=C/CCN1C(=O)C(C(C)(C)C)NC(=O)C1C. The van der Waals surface area contributed by atoms with Crippen molar-refractivity contribution in [2.75, 3.05) is 6.54 Å². The molecule has 0 aromatic rings. The van der Waals surface area contributed by atoms with E-state index in [1.165, 1.54) is 0 Å². The summed E-state index contributed by atoms with van der Waals surface area (Å²) in [5.74, 6) is -0.0332. The van der Waals surface area contributed by atoms with Crippen LogP contribution < -0.4 is 5.32 Å². The van der Waals surface area contributed by atoms with Gasteiger partial charge in [-0.1, -0.05) is 32.9 Å². The molecule has 4 heteroatoms. The smallest absolute Gasteiger partial charge is 0.246 e. The molecule has 0 spiro atoms. The Morgan fingerprint density at radius 1 is 1.33 bits per heavy atom. The van der Waals surface area contributed by atoms with Crippen molar-refractivity contribution in [1.82, 2.24) is 10.2 Å². The van der Waals surface area contributed by atoms with Crippen molar-refractivity contribution in [1.29, 1.82) is 0 Å². The maximum atomic E-state index is 12.4. The molecular weight excluding hydrogens is 228 g/mol. The van der Waals surface area contributed by atoms with Crippen LogP contribution in [0.25, 0.3) is 0 Å². The van der Waals surface area contributed by atoms with Gasteiger partial charge in [0, 0.05) is 6.54 Å². The lowest BCUT2D eigenvalue weighted by atomic mass is 9.84. The quantitative estimate of drug-likeness (QED) is 0.777. The lowest BCUT2D eigenvalue weighted by molar-refractivity contribution is -0.151. The van der Waals surface area contributed by atoms with Crippen LogP contribution in [0.5, 0.6) is 0 Å². The number of rotatable bonds is 3. The number of carbonyl (C=O) groups is 2. The summed E-state index contributed by atoms with van der Waals surface area (Å²) in [5, 5.41) is 2.83. The van der Waals surface area contributed by atoms with Gasteiger partial charge in [0.25, 0.3) is 0 Å². The fraction of sp³-hybridized carbons (Fsp3) is 0.714. The maximum absolute atomic E-state index is 12.4. The first-order chi connectivity index (χ1) is 8.29. The van der Waals surface area contributed by atoms with Crippen molar-refractivity contribution in [3.05, 3.63) is 12.2 Å². The standard InChI is InChI=1S/C14H24N2O2/c1-6-7-8-9-16-10(2)12(17)15-11(13(16)18)14(3,4)5/h6-7,10-11H,8-9H2,1-5H3,(H,15,17)/b7-6+. The van der Waals surface area contributed by atoms with E-state index in [1.807, 2.05) is 39.8 Å². The summed E-state index contributed by atoms with van der Waals surface area (Å²) in [4.78, 5) is 26.0. The van der Waals surface area contributed by atoms with Crippen molar-refractivity contribution in [2.24, 2.45) is 5.41 Å². The fourth-order valence-electron chi connectivity index (χ4n) is 2.09.